The second-order valence-corrected chi connectivity index (χ2v) is 9.44. The van der Waals surface area contributed by atoms with Crippen LogP contribution >= 0.6 is 0 Å². The van der Waals surface area contributed by atoms with E-state index in [1.54, 1.807) is 0 Å². The lowest BCUT2D eigenvalue weighted by Crippen LogP contribution is -2.20. The van der Waals surface area contributed by atoms with Crippen LogP contribution in [-0.4, -0.2) is 24.6 Å². The second kappa shape index (κ2) is 8.32. The first-order valence-corrected chi connectivity index (χ1v) is 11.5. The molecule has 0 aliphatic carbocycles. The van der Waals surface area contributed by atoms with Crippen LogP contribution in [0.2, 0.25) is 0 Å². The summed E-state index contributed by atoms with van der Waals surface area (Å²) in [5, 5.41) is 2.65. The van der Waals surface area contributed by atoms with Crippen LogP contribution in [0.15, 0.2) is 47.4 Å². The maximum atomic E-state index is 14.2. The number of halogens is 2. The lowest BCUT2D eigenvalue weighted by Gasteiger charge is -2.17. The number of hydrogen-bond acceptors (Lipinski definition) is 5. The van der Waals surface area contributed by atoms with Crippen molar-refractivity contribution >= 4 is 27.3 Å². The van der Waals surface area contributed by atoms with Crippen molar-refractivity contribution in [3.8, 4) is 22.6 Å². The van der Waals surface area contributed by atoms with E-state index < -0.39 is 21.7 Å². The quantitative estimate of drug-likeness (QED) is 0.569. The monoisotopic (exact) mass is 475 g/mol. The van der Waals surface area contributed by atoms with Crippen molar-refractivity contribution in [2.75, 3.05) is 15.8 Å². The number of hydrogen-bond donors (Lipinski definition) is 2. The first-order chi connectivity index (χ1) is 15.6. The van der Waals surface area contributed by atoms with Crippen molar-refractivity contribution in [2.45, 2.75) is 13.3 Å². The molecule has 1 aliphatic rings. The van der Waals surface area contributed by atoms with E-state index in [2.05, 4.69) is 10.0 Å². The molecule has 0 atom stereocenters. The van der Waals surface area contributed by atoms with Crippen LogP contribution in [0.3, 0.4) is 0 Å². The summed E-state index contributed by atoms with van der Waals surface area (Å²) in [5.74, 6) is -2.40. The van der Waals surface area contributed by atoms with E-state index in [9.17, 15) is 26.8 Å². The number of carbonyl (C=O) groups is 1. The number of fused-ring (bicyclic) bond motifs is 1. The third-order valence-electron chi connectivity index (χ3n) is 5.11. The Morgan fingerprint density at radius 3 is 2.52 bits per heavy atom. The number of rotatable bonds is 6. The molecule has 3 aromatic rings. The summed E-state index contributed by atoms with van der Waals surface area (Å²) in [4.78, 5) is 24.5. The molecule has 0 saturated carbocycles. The minimum absolute atomic E-state index is 0.0990. The highest BCUT2D eigenvalue weighted by atomic mass is 32.2. The van der Waals surface area contributed by atoms with Gasteiger partial charge in [-0.2, -0.15) is 0 Å². The van der Waals surface area contributed by atoms with Crippen LogP contribution in [0, 0.1) is 11.6 Å². The number of benzene rings is 2. The predicted molar refractivity (Wildman–Crippen MR) is 119 cm³/mol. The van der Waals surface area contributed by atoms with Crippen molar-refractivity contribution in [3.63, 3.8) is 0 Å². The van der Waals surface area contributed by atoms with Gasteiger partial charge in [0.15, 0.2) is 11.6 Å². The fourth-order valence-electron chi connectivity index (χ4n) is 3.48. The fraction of sp³-hybridized carbons (Fsp3) is 0.182. The van der Waals surface area contributed by atoms with Gasteiger partial charge < -0.3 is 14.6 Å². The van der Waals surface area contributed by atoms with Gasteiger partial charge >= 0.3 is 0 Å². The standard InChI is InChI=1S/C22H19F2N3O5S/c1-3-33(30,31)26-13-5-7-18(32-19-6-4-12(23)8-17(19)24)14(9-13)16-11-27(2)22(29)15-10-20(28)25-21(15)16/h4-9,11,26H,3,10H2,1-2H3,(H,25,28). The van der Waals surface area contributed by atoms with Gasteiger partial charge in [-0.15, -0.1) is 0 Å². The van der Waals surface area contributed by atoms with Crippen LogP contribution in [-0.2, 0) is 28.3 Å². The van der Waals surface area contributed by atoms with E-state index in [4.69, 9.17) is 4.74 Å². The number of ether oxygens (including phenoxy) is 1. The molecule has 0 saturated heterocycles. The van der Waals surface area contributed by atoms with Gasteiger partial charge in [0.2, 0.25) is 15.9 Å². The molecule has 0 unspecified atom stereocenters. The normalized spacial score (nSPS) is 12.9. The Balaban J connectivity index is 1.91. The molecule has 0 fully saturated rings. The summed E-state index contributed by atoms with van der Waals surface area (Å²) >= 11 is 0. The highest BCUT2D eigenvalue weighted by Gasteiger charge is 2.27. The molecular weight excluding hydrogens is 456 g/mol. The molecule has 1 aliphatic heterocycles. The summed E-state index contributed by atoms with van der Waals surface area (Å²) in [6.07, 6.45) is 1.36. The molecule has 4 rings (SSSR count). The molecule has 2 N–H and O–H groups in total. The van der Waals surface area contributed by atoms with Gasteiger partial charge in [-0.3, -0.25) is 14.3 Å². The highest BCUT2D eigenvalue weighted by molar-refractivity contribution is 7.92. The number of aryl methyl sites for hydroxylation is 1. The minimum Gasteiger partial charge on any atom is -0.454 e. The Labute approximate surface area is 187 Å². The highest BCUT2D eigenvalue weighted by Crippen LogP contribution is 2.41. The maximum absolute atomic E-state index is 14.2. The SMILES string of the molecule is CCS(=O)(=O)Nc1ccc(Oc2ccc(F)cc2F)c(-c2cn(C)c(=O)c3c2NC(=O)C3)c1. The number of carbonyl (C=O) groups excluding carboxylic acids is 1. The smallest absolute Gasteiger partial charge is 0.256 e. The summed E-state index contributed by atoms with van der Waals surface area (Å²) in [5.41, 5.74) is 1.01. The summed E-state index contributed by atoms with van der Waals surface area (Å²) in [6.45, 7) is 1.48. The number of nitrogens with zero attached hydrogens (tertiary/aromatic N) is 1. The Hall–Kier alpha value is -3.73. The zero-order chi connectivity index (χ0) is 23.9. The molecular formula is C22H19F2N3O5S. The van der Waals surface area contributed by atoms with Crippen LogP contribution in [0.5, 0.6) is 11.5 Å². The van der Waals surface area contributed by atoms with Crippen LogP contribution in [0.4, 0.5) is 20.2 Å². The maximum Gasteiger partial charge on any atom is 0.256 e. The molecule has 0 spiro atoms. The number of pyridine rings is 1. The van der Waals surface area contributed by atoms with E-state index in [1.165, 1.54) is 42.9 Å². The molecule has 1 amide bonds. The van der Waals surface area contributed by atoms with Crippen molar-refractivity contribution in [2.24, 2.45) is 7.05 Å². The topological polar surface area (TPSA) is 106 Å². The first-order valence-electron chi connectivity index (χ1n) is 9.88. The Kier molecular flexibility index (Phi) is 5.66. The summed E-state index contributed by atoms with van der Waals surface area (Å²) in [7, 11) is -2.09. The van der Waals surface area contributed by atoms with E-state index in [1.807, 2.05) is 0 Å². The van der Waals surface area contributed by atoms with Crippen LogP contribution in [0.1, 0.15) is 12.5 Å². The van der Waals surface area contributed by atoms with Crippen molar-refractivity contribution in [1.82, 2.24) is 4.57 Å². The molecule has 8 nitrogen and oxygen atoms in total. The molecule has 1 aromatic heterocycles. The average Bonchev–Trinajstić information content (AvgIpc) is 3.15. The number of aromatic nitrogens is 1. The zero-order valence-corrected chi connectivity index (χ0v) is 18.4. The van der Waals surface area contributed by atoms with Gasteiger partial charge in [0.25, 0.3) is 5.56 Å². The van der Waals surface area contributed by atoms with Gasteiger partial charge in [-0.1, -0.05) is 0 Å². The molecule has 2 heterocycles. The van der Waals surface area contributed by atoms with E-state index in [-0.39, 0.29) is 57.6 Å². The zero-order valence-electron chi connectivity index (χ0n) is 17.6. The number of anilines is 2. The van der Waals surface area contributed by atoms with Gasteiger partial charge in [0, 0.05) is 36.1 Å². The van der Waals surface area contributed by atoms with Gasteiger partial charge in [-0.25, -0.2) is 17.2 Å². The largest absolute Gasteiger partial charge is 0.454 e. The average molecular weight is 475 g/mol. The second-order valence-electron chi connectivity index (χ2n) is 7.43. The molecule has 0 bridgehead atoms. The van der Waals surface area contributed by atoms with Gasteiger partial charge in [-0.05, 0) is 37.3 Å². The summed E-state index contributed by atoms with van der Waals surface area (Å²) in [6, 6.07) is 7.12. The molecule has 0 radical (unpaired) electrons. The Morgan fingerprint density at radius 1 is 1.09 bits per heavy atom. The minimum atomic E-state index is -3.61. The van der Waals surface area contributed by atoms with Crippen LogP contribution < -0.4 is 20.3 Å². The lowest BCUT2D eigenvalue weighted by molar-refractivity contribution is -0.115. The molecule has 11 heteroatoms. The first kappa shape index (κ1) is 22.5. The summed E-state index contributed by atoms with van der Waals surface area (Å²) < 4.78 is 61.1. The van der Waals surface area contributed by atoms with Crippen molar-refractivity contribution in [1.29, 1.82) is 0 Å². The third-order valence-corrected chi connectivity index (χ3v) is 6.42. The van der Waals surface area contributed by atoms with E-state index in [0.29, 0.717) is 11.6 Å². The Bertz CT molecular complexity index is 1450. The number of sulfonamides is 1. The number of nitrogens with one attached hydrogen (secondary N) is 2. The van der Waals surface area contributed by atoms with E-state index >= 15 is 0 Å². The van der Waals surface area contributed by atoms with Gasteiger partial charge in [0.1, 0.15) is 11.6 Å². The number of amides is 1. The lowest BCUT2D eigenvalue weighted by atomic mass is 10.0. The molecule has 33 heavy (non-hydrogen) atoms. The van der Waals surface area contributed by atoms with Crippen molar-refractivity contribution < 1.29 is 26.7 Å². The molecule has 172 valence electrons. The molecule has 2 aromatic carbocycles. The van der Waals surface area contributed by atoms with Crippen molar-refractivity contribution in [3.05, 3.63) is 70.1 Å². The predicted octanol–water partition coefficient (Wildman–Crippen LogP) is 3.38. The van der Waals surface area contributed by atoms with E-state index in [0.717, 1.165) is 12.1 Å². The third kappa shape index (κ3) is 4.44. The van der Waals surface area contributed by atoms with Crippen LogP contribution in [0.25, 0.3) is 11.1 Å². The fourth-order valence-corrected chi connectivity index (χ4v) is 4.11. The Morgan fingerprint density at radius 2 is 1.82 bits per heavy atom. The van der Waals surface area contributed by atoms with Gasteiger partial charge in [0.05, 0.1) is 23.4 Å².